The van der Waals surface area contributed by atoms with Crippen molar-refractivity contribution in [2.75, 3.05) is 6.61 Å². The molecule has 1 unspecified atom stereocenters. The second-order valence-corrected chi connectivity index (χ2v) is 8.75. The van der Waals surface area contributed by atoms with Crippen LogP contribution < -0.4 is 16.6 Å². The molecule has 0 saturated heterocycles. The zero-order valence-electron chi connectivity index (χ0n) is 21.1. The van der Waals surface area contributed by atoms with E-state index in [1.54, 1.807) is 20.9 Å². The van der Waals surface area contributed by atoms with Gasteiger partial charge in [0.1, 0.15) is 5.65 Å². The first kappa shape index (κ1) is 25.9. The number of aromatic nitrogens is 3. The summed E-state index contributed by atoms with van der Waals surface area (Å²) in [5, 5.41) is 3.32. The van der Waals surface area contributed by atoms with Gasteiger partial charge >= 0.3 is 11.7 Å². The van der Waals surface area contributed by atoms with Gasteiger partial charge in [0.05, 0.1) is 24.5 Å². The summed E-state index contributed by atoms with van der Waals surface area (Å²) in [6, 6.07) is 7.13. The Hall–Kier alpha value is -3.75. The number of hydrogen-bond donors (Lipinski definition) is 1. The van der Waals surface area contributed by atoms with Gasteiger partial charge in [0.2, 0.25) is 5.91 Å². The Kier molecular flexibility index (Phi) is 7.89. The zero-order valence-corrected chi connectivity index (χ0v) is 21.1. The van der Waals surface area contributed by atoms with Crippen molar-refractivity contribution in [1.82, 2.24) is 19.4 Å². The van der Waals surface area contributed by atoms with Crippen molar-refractivity contribution < 1.29 is 14.3 Å². The third kappa shape index (κ3) is 5.50. The lowest BCUT2D eigenvalue weighted by Gasteiger charge is -2.19. The third-order valence-electron chi connectivity index (χ3n) is 6.26. The molecule has 0 bridgehead atoms. The molecule has 0 aliphatic heterocycles. The standard InChI is InChI=1S/C26H32N4O5/c1-7-35-22(32)14-20(18-10-8-15(2)9-11-18)28-21(31)13-12-19-16(3)23-24(27-17(19)4)29(5)26(34)30(6)25(23)33/h8-11,20H,7,12-14H2,1-6H3,(H,28,31). The molecular formula is C26H32N4O5. The normalized spacial score (nSPS) is 11.9. The fourth-order valence-electron chi connectivity index (χ4n) is 4.25. The number of nitrogens with one attached hydrogen (secondary N) is 1. The molecule has 9 heteroatoms. The molecule has 1 N–H and O–H groups in total. The molecule has 2 heterocycles. The minimum absolute atomic E-state index is 0.0301. The summed E-state index contributed by atoms with van der Waals surface area (Å²) in [7, 11) is 3.02. The van der Waals surface area contributed by atoms with Crippen LogP contribution in [0, 0.1) is 20.8 Å². The van der Waals surface area contributed by atoms with Crippen LogP contribution in [0.4, 0.5) is 0 Å². The van der Waals surface area contributed by atoms with Crippen molar-refractivity contribution in [3.63, 3.8) is 0 Å². The number of rotatable bonds is 8. The second-order valence-electron chi connectivity index (χ2n) is 8.75. The Morgan fingerprint density at radius 2 is 1.71 bits per heavy atom. The van der Waals surface area contributed by atoms with Crippen molar-refractivity contribution >= 4 is 22.9 Å². The van der Waals surface area contributed by atoms with Gasteiger partial charge in [0.15, 0.2) is 0 Å². The van der Waals surface area contributed by atoms with Crippen LogP contribution in [0.1, 0.15) is 53.8 Å². The maximum atomic E-state index is 12.9. The molecule has 3 rings (SSSR count). The maximum Gasteiger partial charge on any atom is 0.332 e. The minimum atomic E-state index is -0.513. The van der Waals surface area contributed by atoms with E-state index in [1.165, 1.54) is 11.6 Å². The molecule has 0 saturated carbocycles. The lowest BCUT2D eigenvalue weighted by molar-refractivity contribution is -0.143. The van der Waals surface area contributed by atoms with E-state index in [9.17, 15) is 19.2 Å². The number of aryl methyl sites for hydroxylation is 4. The monoisotopic (exact) mass is 480 g/mol. The second kappa shape index (κ2) is 10.7. The Labute approximate surface area is 203 Å². The average Bonchev–Trinajstić information content (AvgIpc) is 2.81. The van der Waals surface area contributed by atoms with Gasteiger partial charge in [-0.3, -0.25) is 23.5 Å². The molecule has 0 fully saturated rings. The van der Waals surface area contributed by atoms with Gasteiger partial charge in [-0.15, -0.1) is 0 Å². The highest BCUT2D eigenvalue weighted by molar-refractivity contribution is 5.81. The highest BCUT2D eigenvalue weighted by Gasteiger charge is 2.21. The first-order valence-corrected chi connectivity index (χ1v) is 11.6. The molecule has 1 atom stereocenters. The number of hydrogen-bond acceptors (Lipinski definition) is 6. The number of carbonyl (C=O) groups excluding carboxylic acids is 2. The van der Waals surface area contributed by atoms with Crippen LogP contribution in [0.25, 0.3) is 11.0 Å². The Balaban J connectivity index is 1.85. The number of ether oxygens (including phenoxy) is 1. The number of esters is 1. The van der Waals surface area contributed by atoms with Crippen LogP contribution >= 0.6 is 0 Å². The van der Waals surface area contributed by atoms with Gasteiger partial charge in [-0.2, -0.15) is 0 Å². The Bertz CT molecular complexity index is 1390. The van der Waals surface area contributed by atoms with Gasteiger partial charge < -0.3 is 10.1 Å². The van der Waals surface area contributed by atoms with Crippen molar-refractivity contribution in [1.29, 1.82) is 0 Å². The number of fused-ring (bicyclic) bond motifs is 1. The number of benzene rings is 1. The van der Waals surface area contributed by atoms with Crippen molar-refractivity contribution in [3.8, 4) is 0 Å². The zero-order chi connectivity index (χ0) is 25.9. The first-order valence-electron chi connectivity index (χ1n) is 11.6. The average molecular weight is 481 g/mol. The van der Waals surface area contributed by atoms with Crippen LogP contribution in [0.5, 0.6) is 0 Å². The predicted octanol–water partition coefficient (Wildman–Crippen LogP) is 2.30. The molecule has 3 aromatic rings. The molecule has 35 heavy (non-hydrogen) atoms. The number of pyridine rings is 1. The van der Waals surface area contributed by atoms with Gasteiger partial charge in [0.25, 0.3) is 5.56 Å². The van der Waals surface area contributed by atoms with Crippen LogP contribution in [-0.4, -0.2) is 32.6 Å². The van der Waals surface area contributed by atoms with Gasteiger partial charge in [0, 0.05) is 26.2 Å². The lowest BCUT2D eigenvalue weighted by atomic mass is 9.99. The Morgan fingerprint density at radius 3 is 2.34 bits per heavy atom. The first-order chi connectivity index (χ1) is 16.5. The fourth-order valence-corrected chi connectivity index (χ4v) is 4.25. The maximum absolute atomic E-state index is 12.9. The topological polar surface area (TPSA) is 112 Å². The van der Waals surface area contributed by atoms with E-state index in [1.807, 2.05) is 38.1 Å². The van der Waals surface area contributed by atoms with Crippen molar-refractivity contribution in [2.24, 2.45) is 14.1 Å². The molecule has 186 valence electrons. The summed E-state index contributed by atoms with van der Waals surface area (Å²) in [5.41, 5.74) is 3.54. The lowest BCUT2D eigenvalue weighted by Crippen LogP contribution is -2.38. The van der Waals surface area contributed by atoms with Crippen LogP contribution in [0.2, 0.25) is 0 Å². The van der Waals surface area contributed by atoms with Crippen molar-refractivity contribution in [2.45, 2.75) is 53.0 Å². The summed E-state index contributed by atoms with van der Waals surface area (Å²) < 4.78 is 7.50. The smallest absolute Gasteiger partial charge is 0.332 e. The fraction of sp³-hybridized carbons (Fsp3) is 0.423. The largest absolute Gasteiger partial charge is 0.466 e. The number of amides is 1. The van der Waals surface area contributed by atoms with E-state index in [4.69, 9.17) is 4.74 Å². The van der Waals surface area contributed by atoms with Crippen LogP contribution in [0.15, 0.2) is 33.9 Å². The van der Waals surface area contributed by atoms with Gasteiger partial charge in [-0.25, -0.2) is 9.78 Å². The summed E-state index contributed by atoms with van der Waals surface area (Å²) in [4.78, 5) is 54.6. The summed E-state index contributed by atoms with van der Waals surface area (Å²) in [6.07, 6.45) is 0.535. The van der Waals surface area contributed by atoms with Gasteiger partial charge in [-0.05, 0) is 50.8 Å². The Morgan fingerprint density at radius 1 is 1.06 bits per heavy atom. The number of carbonyl (C=O) groups is 2. The van der Waals surface area contributed by atoms with E-state index in [0.717, 1.165) is 21.3 Å². The van der Waals surface area contributed by atoms with E-state index < -0.39 is 17.3 Å². The molecule has 1 amide bonds. The minimum Gasteiger partial charge on any atom is -0.466 e. The van der Waals surface area contributed by atoms with E-state index in [-0.39, 0.29) is 31.3 Å². The molecule has 2 aromatic heterocycles. The molecule has 0 aliphatic rings. The van der Waals surface area contributed by atoms with E-state index in [2.05, 4.69) is 10.3 Å². The third-order valence-corrected chi connectivity index (χ3v) is 6.26. The summed E-state index contributed by atoms with van der Waals surface area (Å²) in [6.45, 7) is 7.59. The molecule has 1 aromatic carbocycles. The molecule has 0 aliphatic carbocycles. The van der Waals surface area contributed by atoms with E-state index >= 15 is 0 Å². The predicted molar refractivity (Wildman–Crippen MR) is 133 cm³/mol. The van der Waals surface area contributed by atoms with Gasteiger partial charge in [-0.1, -0.05) is 29.8 Å². The highest BCUT2D eigenvalue weighted by Crippen LogP contribution is 2.22. The van der Waals surface area contributed by atoms with Crippen LogP contribution in [0.3, 0.4) is 0 Å². The highest BCUT2D eigenvalue weighted by atomic mass is 16.5. The summed E-state index contributed by atoms with van der Waals surface area (Å²) >= 11 is 0. The number of nitrogens with zero attached hydrogens (tertiary/aromatic N) is 3. The molecule has 0 spiro atoms. The SMILES string of the molecule is CCOC(=O)CC(NC(=O)CCc1c(C)nc2c(c1C)c(=O)n(C)c(=O)n2C)c1ccc(C)cc1. The summed E-state index contributed by atoms with van der Waals surface area (Å²) in [5.74, 6) is -0.614. The van der Waals surface area contributed by atoms with Crippen molar-refractivity contribution in [3.05, 3.63) is 73.1 Å². The van der Waals surface area contributed by atoms with Crippen LogP contribution in [-0.2, 0) is 34.8 Å². The molecule has 9 nitrogen and oxygen atoms in total. The molecule has 0 radical (unpaired) electrons. The van der Waals surface area contributed by atoms with E-state index in [0.29, 0.717) is 28.7 Å². The quantitative estimate of drug-likeness (QED) is 0.495. The molecular weight excluding hydrogens is 448 g/mol.